The number of carbonyl (C=O) groups excluding carboxylic acids is 2. The Hall–Kier alpha value is -0.540. The van der Waals surface area contributed by atoms with Gasteiger partial charge in [-0.3, -0.25) is 9.59 Å². The van der Waals surface area contributed by atoms with E-state index in [0.717, 1.165) is 7.57 Å². The number of hydrogen-bond acceptors (Lipinski definition) is 6. The van der Waals surface area contributed by atoms with Crippen LogP contribution in [0.25, 0.3) is 11.0 Å². The molecule has 0 saturated carbocycles. The first kappa shape index (κ1) is 15.0. The van der Waals surface area contributed by atoms with Gasteiger partial charge in [-0.15, -0.1) is 11.3 Å². The molecule has 1 fully saturated rings. The molecule has 0 amide bonds. The zero-order chi connectivity index (χ0) is 15.8. The van der Waals surface area contributed by atoms with Gasteiger partial charge < -0.3 is 15.1 Å². The van der Waals surface area contributed by atoms with Crippen molar-refractivity contribution in [2.75, 3.05) is 0 Å². The van der Waals surface area contributed by atoms with Gasteiger partial charge in [0.05, 0.1) is 26.8 Å². The van der Waals surface area contributed by atoms with E-state index >= 15 is 0 Å². The number of thiophene rings is 1. The maximum atomic E-state index is 12.9. The highest BCUT2D eigenvalue weighted by Gasteiger charge is 2.49. The quantitative estimate of drug-likeness (QED) is 0.649. The number of ketones is 2. The monoisotopic (exact) mass is 446 g/mol. The fourth-order valence-electron chi connectivity index (χ4n) is 3.14. The van der Waals surface area contributed by atoms with E-state index in [0.29, 0.717) is 16.5 Å². The molecule has 1 saturated heterocycles. The van der Waals surface area contributed by atoms with Gasteiger partial charge in [0.1, 0.15) is 3.79 Å². The van der Waals surface area contributed by atoms with Gasteiger partial charge in [0, 0.05) is 12.1 Å². The Balaban J connectivity index is 1.94. The number of furan rings is 1. The molecule has 3 heterocycles. The van der Waals surface area contributed by atoms with E-state index in [1.165, 1.54) is 11.3 Å². The van der Waals surface area contributed by atoms with E-state index in [1.54, 1.807) is 0 Å². The lowest BCUT2D eigenvalue weighted by atomic mass is 9.82. The maximum absolute atomic E-state index is 12.9. The summed E-state index contributed by atoms with van der Waals surface area (Å²) >= 11 is 8.32. The first-order valence-electron chi connectivity index (χ1n) is 6.91. The fourth-order valence-corrected chi connectivity index (χ4v) is 6.11. The average molecular weight is 448 g/mol. The summed E-state index contributed by atoms with van der Waals surface area (Å²) in [4.78, 5) is 25.7. The highest BCUT2D eigenvalue weighted by molar-refractivity contribution is 9.12. The van der Waals surface area contributed by atoms with E-state index in [4.69, 9.17) is 4.42 Å². The number of fused-ring (bicyclic) bond motifs is 4. The van der Waals surface area contributed by atoms with Gasteiger partial charge in [-0.25, -0.2) is 0 Å². The van der Waals surface area contributed by atoms with Crippen molar-refractivity contribution in [3.63, 3.8) is 0 Å². The molecule has 116 valence electrons. The minimum Gasteiger partial charge on any atom is -0.450 e. The normalized spacial score (nSPS) is 31.5. The van der Waals surface area contributed by atoms with Gasteiger partial charge >= 0.3 is 0 Å². The topological polar surface area (TPSA) is 71.3 Å². The molecule has 1 aliphatic carbocycles. The lowest BCUT2D eigenvalue weighted by Gasteiger charge is -2.41. The summed E-state index contributed by atoms with van der Waals surface area (Å²) in [6, 6.07) is -0.895. The van der Waals surface area contributed by atoms with Gasteiger partial charge in [0.15, 0.2) is 17.1 Å². The summed E-state index contributed by atoms with van der Waals surface area (Å²) in [5.74, 6) is -0.0806. The Kier molecular flexibility index (Phi) is 3.40. The van der Waals surface area contributed by atoms with Crippen LogP contribution in [0.15, 0.2) is 12.0 Å². The number of nitrogens with one attached hydrogen (secondary N) is 2. The number of piperazine rings is 1. The summed E-state index contributed by atoms with van der Waals surface area (Å²) in [7, 11) is 0. The molecule has 4 rings (SSSR count). The minimum atomic E-state index is -0.567. The first-order valence-corrected chi connectivity index (χ1v) is 9.31. The van der Waals surface area contributed by atoms with Gasteiger partial charge in [-0.05, 0) is 45.7 Å². The van der Waals surface area contributed by atoms with Gasteiger partial charge in [-0.2, -0.15) is 0 Å². The van der Waals surface area contributed by atoms with E-state index in [2.05, 4.69) is 42.5 Å². The van der Waals surface area contributed by atoms with E-state index in [1.807, 2.05) is 13.8 Å². The lowest BCUT2D eigenvalue weighted by molar-refractivity contribution is 0.0716. The molecule has 2 N–H and O–H groups in total. The van der Waals surface area contributed by atoms with Crippen LogP contribution < -0.4 is 10.6 Å². The van der Waals surface area contributed by atoms with Crippen molar-refractivity contribution in [1.29, 1.82) is 0 Å². The van der Waals surface area contributed by atoms with E-state index in [9.17, 15) is 9.59 Å². The second kappa shape index (κ2) is 4.98. The van der Waals surface area contributed by atoms with Crippen molar-refractivity contribution in [2.24, 2.45) is 0 Å². The first-order chi connectivity index (χ1) is 10.4. The Morgan fingerprint density at radius 2 is 1.59 bits per heavy atom. The molecule has 22 heavy (non-hydrogen) atoms. The van der Waals surface area contributed by atoms with Crippen LogP contribution in [0.4, 0.5) is 0 Å². The average Bonchev–Trinajstić information content (AvgIpc) is 2.98. The van der Waals surface area contributed by atoms with Crippen molar-refractivity contribution in [3.8, 4) is 0 Å². The fraction of sp³-hybridized carbons (Fsp3) is 0.429. The van der Waals surface area contributed by atoms with Crippen LogP contribution in [0.5, 0.6) is 0 Å². The van der Waals surface area contributed by atoms with Gasteiger partial charge in [0.25, 0.3) is 0 Å². The molecule has 4 unspecified atom stereocenters. The van der Waals surface area contributed by atoms with Crippen LogP contribution in [0.3, 0.4) is 0 Å². The molecule has 0 radical (unpaired) electrons. The summed E-state index contributed by atoms with van der Waals surface area (Å²) in [5.41, 5.74) is 0.953. The largest absolute Gasteiger partial charge is 0.450 e. The number of halogens is 2. The zero-order valence-electron chi connectivity index (χ0n) is 11.7. The van der Waals surface area contributed by atoms with Crippen LogP contribution in [-0.2, 0) is 0 Å². The Bertz CT molecular complexity index is 828. The van der Waals surface area contributed by atoms with Crippen LogP contribution in [0.2, 0.25) is 0 Å². The molecule has 5 nitrogen and oxygen atoms in total. The Labute approximate surface area is 147 Å². The molecule has 8 heteroatoms. The van der Waals surface area contributed by atoms with Crippen LogP contribution in [0.1, 0.15) is 34.8 Å². The predicted octanol–water partition coefficient (Wildman–Crippen LogP) is 3.11. The van der Waals surface area contributed by atoms with Gasteiger partial charge in [-0.1, -0.05) is 0 Å². The van der Waals surface area contributed by atoms with Crippen molar-refractivity contribution in [2.45, 2.75) is 38.0 Å². The van der Waals surface area contributed by atoms with Crippen molar-refractivity contribution in [1.82, 2.24) is 10.6 Å². The molecule has 2 aliphatic rings. The second-order valence-corrected chi connectivity index (χ2v) is 9.41. The maximum Gasteiger partial charge on any atom is 0.217 e. The summed E-state index contributed by atoms with van der Waals surface area (Å²) in [6.45, 7) is 4.00. The Morgan fingerprint density at radius 3 is 2.23 bits per heavy atom. The molecular weight excluding hydrogens is 436 g/mol. The molecule has 2 aromatic heterocycles. The second-order valence-electron chi connectivity index (χ2n) is 5.75. The smallest absolute Gasteiger partial charge is 0.217 e. The number of carbonyl (C=O) groups is 2. The van der Waals surface area contributed by atoms with Crippen molar-refractivity contribution in [3.05, 3.63) is 18.9 Å². The van der Waals surface area contributed by atoms with Crippen molar-refractivity contribution >= 4 is 65.7 Å². The van der Waals surface area contributed by atoms with Crippen molar-refractivity contribution < 1.29 is 14.0 Å². The standard InChI is InChI=1S/C14H12Br2N2O3S/c1-3-4(2)18-8-7(17-3)9(19)5-6-12(14(16)22-13(6)15)21-11(5)10(8)20/h3-4,7-8,17-18H,1-2H3. The predicted molar refractivity (Wildman–Crippen MR) is 90.9 cm³/mol. The summed E-state index contributed by atoms with van der Waals surface area (Å²) in [6.07, 6.45) is 0. The lowest BCUT2D eigenvalue weighted by Crippen LogP contribution is -2.70. The van der Waals surface area contributed by atoms with Crippen LogP contribution in [0, 0.1) is 0 Å². The third-order valence-electron chi connectivity index (χ3n) is 4.47. The number of Topliss-reactive ketones (excluding diaryl/α,β-unsaturated/α-hetero) is 2. The number of rotatable bonds is 0. The molecule has 1 aliphatic heterocycles. The molecular formula is C14H12Br2N2O3S. The SMILES string of the molecule is CC1NC2C(=O)c3oc4c(Br)sc(Br)c4c3C(=O)C2NC1C. The molecule has 2 aromatic rings. The molecule has 0 spiro atoms. The Morgan fingerprint density at radius 1 is 1.00 bits per heavy atom. The highest BCUT2D eigenvalue weighted by atomic mass is 79.9. The molecule has 4 atom stereocenters. The highest BCUT2D eigenvalue weighted by Crippen LogP contribution is 2.45. The van der Waals surface area contributed by atoms with Crippen LogP contribution >= 0.6 is 43.2 Å². The summed E-state index contributed by atoms with van der Waals surface area (Å²) in [5, 5.41) is 7.20. The minimum absolute atomic E-state index is 0.0874. The van der Waals surface area contributed by atoms with E-state index in [-0.39, 0.29) is 29.4 Å². The third kappa shape index (κ3) is 1.88. The van der Waals surface area contributed by atoms with Crippen LogP contribution in [-0.4, -0.2) is 35.7 Å². The van der Waals surface area contributed by atoms with E-state index < -0.39 is 12.1 Å². The third-order valence-corrected chi connectivity index (χ3v) is 6.94. The molecule has 0 bridgehead atoms. The number of hydrogen-bond donors (Lipinski definition) is 2. The molecule has 0 aromatic carbocycles. The zero-order valence-corrected chi connectivity index (χ0v) is 15.7. The summed E-state index contributed by atoms with van der Waals surface area (Å²) < 4.78 is 7.30. The van der Waals surface area contributed by atoms with Gasteiger partial charge in [0.2, 0.25) is 5.78 Å².